The van der Waals surface area contributed by atoms with E-state index in [-0.39, 0.29) is 18.0 Å². The van der Waals surface area contributed by atoms with E-state index in [2.05, 4.69) is 29.2 Å². The minimum Gasteiger partial charge on any atom is -0.467 e. The Kier molecular flexibility index (Phi) is 7.10. The molecule has 198 valence electrons. The molecule has 1 amide bonds. The second-order valence-corrected chi connectivity index (χ2v) is 11.7. The third-order valence-corrected chi connectivity index (χ3v) is 8.77. The maximum Gasteiger partial charge on any atom is 0.267 e. The van der Waals surface area contributed by atoms with Crippen LogP contribution in [-0.2, 0) is 17.8 Å². The first-order valence-corrected chi connectivity index (χ1v) is 14.3. The van der Waals surface area contributed by atoms with Gasteiger partial charge in [-0.05, 0) is 67.5 Å². The van der Waals surface area contributed by atoms with Gasteiger partial charge in [-0.3, -0.25) is 18.9 Å². The topological polar surface area (TPSA) is 71.1 Å². The third-order valence-electron chi connectivity index (χ3n) is 7.39. The lowest BCUT2D eigenvalue weighted by Crippen LogP contribution is -2.37. The van der Waals surface area contributed by atoms with E-state index in [1.165, 1.54) is 22.2 Å². The molecule has 0 unspecified atom stereocenters. The lowest BCUT2D eigenvalue weighted by Gasteiger charge is -2.33. The molecule has 1 aromatic carbocycles. The Hall–Kier alpha value is -3.69. The fourth-order valence-electron chi connectivity index (χ4n) is 5.29. The number of carbonyl (C=O) groups excluding carboxylic acids is 1. The quantitative estimate of drug-likeness (QED) is 0.231. The highest BCUT2D eigenvalue weighted by Gasteiger charge is 2.34. The number of aryl methyl sites for hydroxylation is 1. The highest BCUT2D eigenvalue weighted by molar-refractivity contribution is 8.26. The van der Waals surface area contributed by atoms with Gasteiger partial charge in [0.1, 0.15) is 21.5 Å². The third kappa shape index (κ3) is 5.16. The smallest absolute Gasteiger partial charge is 0.267 e. The Morgan fingerprint density at radius 1 is 1.08 bits per heavy atom. The largest absolute Gasteiger partial charge is 0.467 e. The van der Waals surface area contributed by atoms with Crippen molar-refractivity contribution in [2.75, 3.05) is 18.0 Å². The van der Waals surface area contributed by atoms with Crippen LogP contribution in [0.25, 0.3) is 11.7 Å². The SMILES string of the molecule is Cc1cccn2c(=O)c(/C=C3/SC(=S)N(Cc4ccco4)C3=O)c(N3CCC(Cc4ccccc4)CC3)nc12. The summed E-state index contributed by atoms with van der Waals surface area (Å²) < 4.78 is 7.42. The van der Waals surface area contributed by atoms with Crippen LogP contribution in [0.15, 0.2) is 81.2 Å². The van der Waals surface area contributed by atoms with Crippen molar-refractivity contribution in [3.63, 3.8) is 0 Å². The summed E-state index contributed by atoms with van der Waals surface area (Å²) >= 11 is 6.72. The molecule has 2 fully saturated rings. The van der Waals surface area contributed by atoms with Crippen molar-refractivity contribution < 1.29 is 9.21 Å². The number of hydrogen-bond acceptors (Lipinski definition) is 7. The number of nitrogens with zero attached hydrogens (tertiary/aromatic N) is 4. The number of carbonyl (C=O) groups is 1. The molecule has 2 aliphatic rings. The van der Waals surface area contributed by atoms with Crippen molar-refractivity contribution in [1.82, 2.24) is 14.3 Å². The van der Waals surface area contributed by atoms with Gasteiger partial charge in [0, 0.05) is 19.3 Å². The molecule has 39 heavy (non-hydrogen) atoms. The van der Waals surface area contributed by atoms with Crippen molar-refractivity contribution in [1.29, 1.82) is 0 Å². The van der Waals surface area contributed by atoms with E-state index in [0.717, 1.165) is 37.9 Å². The van der Waals surface area contributed by atoms with Gasteiger partial charge in [-0.1, -0.05) is 60.4 Å². The number of amides is 1. The number of piperidine rings is 1. The number of pyridine rings is 1. The predicted molar refractivity (Wildman–Crippen MR) is 159 cm³/mol. The normalized spacial score (nSPS) is 17.6. The first-order valence-electron chi connectivity index (χ1n) is 13.1. The first kappa shape index (κ1) is 25.6. The number of aromatic nitrogens is 2. The molecule has 2 saturated heterocycles. The van der Waals surface area contributed by atoms with Gasteiger partial charge >= 0.3 is 0 Å². The van der Waals surface area contributed by atoms with Gasteiger partial charge in [0.2, 0.25) is 0 Å². The summed E-state index contributed by atoms with van der Waals surface area (Å²) in [6.07, 6.45) is 8.04. The average Bonchev–Trinajstić information content (AvgIpc) is 3.56. The van der Waals surface area contributed by atoms with Gasteiger partial charge in [-0.15, -0.1) is 0 Å². The van der Waals surface area contributed by atoms with E-state index < -0.39 is 0 Å². The Labute approximate surface area is 236 Å². The van der Waals surface area contributed by atoms with E-state index in [0.29, 0.717) is 37.9 Å². The Morgan fingerprint density at radius 2 is 1.87 bits per heavy atom. The van der Waals surface area contributed by atoms with E-state index in [1.807, 2.05) is 31.2 Å². The van der Waals surface area contributed by atoms with Gasteiger partial charge in [0.15, 0.2) is 0 Å². The van der Waals surface area contributed by atoms with E-state index >= 15 is 0 Å². The van der Waals surface area contributed by atoms with Crippen molar-refractivity contribution >= 4 is 51.7 Å². The zero-order valence-electron chi connectivity index (χ0n) is 21.6. The molecule has 9 heteroatoms. The minimum absolute atomic E-state index is 0.193. The van der Waals surface area contributed by atoms with Gasteiger partial charge < -0.3 is 9.32 Å². The maximum atomic E-state index is 13.8. The van der Waals surface area contributed by atoms with Gasteiger partial charge in [-0.2, -0.15) is 0 Å². The summed E-state index contributed by atoms with van der Waals surface area (Å²) in [7, 11) is 0. The molecule has 4 aromatic rings. The summed E-state index contributed by atoms with van der Waals surface area (Å²) in [6.45, 7) is 3.81. The van der Waals surface area contributed by atoms with Gasteiger partial charge in [-0.25, -0.2) is 4.98 Å². The minimum atomic E-state index is -0.234. The fourth-order valence-corrected chi connectivity index (χ4v) is 6.53. The second-order valence-electron chi connectivity index (χ2n) is 10.0. The van der Waals surface area contributed by atoms with E-state index in [4.69, 9.17) is 21.6 Å². The Balaban J connectivity index is 1.33. The van der Waals surface area contributed by atoms with Crippen molar-refractivity contribution in [2.24, 2.45) is 5.92 Å². The lowest BCUT2D eigenvalue weighted by atomic mass is 9.90. The fraction of sp³-hybridized carbons (Fsp3) is 0.267. The van der Waals surface area contributed by atoms with Crippen LogP contribution in [0.2, 0.25) is 0 Å². The van der Waals surface area contributed by atoms with Crippen LogP contribution < -0.4 is 10.5 Å². The monoisotopic (exact) mass is 556 g/mol. The zero-order valence-corrected chi connectivity index (χ0v) is 23.2. The number of fused-ring (bicyclic) bond motifs is 1. The summed E-state index contributed by atoms with van der Waals surface area (Å²) in [4.78, 5) is 36.3. The first-order chi connectivity index (χ1) is 19.0. The van der Waals surface area contributed by atoms with Crippen LogP contribution in [0.1, 0.15) is 35.3 Å². The van der Waals surface area contributed by atoms with Crippen LogP contribution in [0, 0.1) is 12.8 Å². The van der Waals surface area contributed by atoms with Crippen LogP contribution in [0.3, 0.4) is 0 Å². The number of hydrogen-bond donors (Lipinski definition) is 0. The molecule has 0 N–H and O–H groups in total. The van der Waals surface area contributed by atoms with Gasteiger partial charge in [0.25, 0.3) is 11.5 Å². The summed E-state index contributed by atoms with van der Waals surface area (Å²) in [6, 6.07) is 18.0. The molecule has 6 rings (SSSR count). The molecule has 7 nitrogen and oxygen atoms in total. The second kappa shape index (κ2) is 10.8. The van der Waals surface area contributed by atoms with E-state index in [9.17, 15) is 9.59 Å². The molecule has 2 aliphatic heterocycles. The highest BCUT2D eigenvalue weighted by atomic mass is 32.2. The van der Waals surface area contributed by atoms with Crippen LogP contribution in [0.5, 0.6) is 0 Å². The van der Waals surface area contributed by atoms with Crippen LogP contribution in [0.4, 0.5) is 5.82 Å². The number of thioether (sulfide) groups is 1. The average molecular weight is 557 g/mol. The number of thiocarbonyl (C=S) groups is 1. The Morgan fingerprint density at radius 3 is 2.62 bits per heavy atom. The lowest BCUT2D eigenvalue weighted by molar-refractivity contribution is -0.122. The molecule has 0 radical (unpaired) electrons. The van der Waals surface area contributed by atoms with Gasteiger partial charge in [0.05, 0.1) is 23.3 Å². The van der Waals surface area contributed by atoms with Crippen molar-refractivity contribution in [3.05, 3.63) is 105 Å². The molecule has 0 spiro atoms. The van der Waals surface area contributed by atoms with Crippen LogP contribution in [-0.4, -0.2) is 37.6 Å². The molecule has 3 aromatic heterocycles. The molecule has 0 aliphatic carbocycles. The molecular formula is C30H28N4O3S2. The van der Waals surface area contributed by atoms with Crippen molar-refractivity contribution in [3.8, 4) is 0 Å². The molecular weight excluding hydrogens is 528 g/mol. The zero-order chi connectivity index (χ0) is 26.9. The van der Waals surface area contributed by atoms with Crippen molar-refractivity contribution in [2.45, 2.75) is 32.7 Å². The van der Waals surface area contributed by atoms with Crippen LogP contribution >= 0.6 is 24.0 Å². The highest BCUT2D eigenvalue weighted by Crippen LogP contribution is 2.35. The standard InChI is InChI=1S/C30H28N4O3S2/c1-20-7-5-13-33-26(20)31-27(32-14-11-22(12-15-32)17-21-8-3-2-4-9-21)24(28(33)35)18-25-29(36)34(30(38)39-25)19-23-10-6-16-37-23/h2-10,13,16,18,22H,11-12,14-15,17,19H2,1H3/b25-18+. The number of furan rings is 1. The predicted octanol–water partition coefficient (Wildman–Crippen LogP) is 5.46. The number of rotatable bonds is 6. The molecule has 5 heterocycles. The number of benzene rings is 1. The maximum absolute atomic E-state index is 13.8. The number of anilines is 1. The van der Waals surface area contributed by atoms with E-state index in [1.54, 1.807) is 29.0 Å². The molecule has 0 atom stereocenters. The summed E-state index contributed by atoms with van der Waals surface area (Å²) in [5.74, 6) is 1.62. The summed E-state index contributed by atoms with van der Waals surface area (Å²) in [5, 5.41) is 0. The molecule has 0 bridgehead atoms. The molecule has 0 saturated carbocycles. The Bertz CT molecular complexity index is 1620. The summed E-state index contributed by atoms with van der Waals surface area (Å²) in [5.41, 5.74) is 3.13.